The SMILES string of the molecule is Cc1cccc(-c2cc(C(=O)N3C[C@H](C)N(C(=O)c4cc(-c5cccc(C)c5)nc5ccccc45)C[C@H]3C)c3ccccc3n2)c1. The largest absolute Gasteiger partial charge is 0.332 e. The second-order valence-electron chi connectivity index (χ2n) is 12.5. The number of aryl methyl sites for hydroxylation is 2. The first-order chi connectivity index (χ1) is 22.3. The highest BCUT2D eigenvalue weighted by Crippen LogP contribution is 2.31. The predicted molar refractivity (Wildman–Crippen MR) is 185 cm³/mol. The van der Waals surface area contributed by atoms with Crippen LogP contribution in [0.2, 0.25) is 0 Å². The Bertz CT molecular complexity index is 1990. The molecule has 0 unspecified atom stereocenters. The molecule has 0 aliphatic carbocycles. The lowest BCUT2D eigenvalue weighted by Gasteiger charge is -2.44. The Morgan fingerprint density at radius 2 is 0.978 bits per heavy atom. The molecule has 7 rings (SSSR count). The molecule has 6 aromatic rings. The average molecular weight is 605 g/mol. The van der Waals surface area contributed by atoms with Crippen LogP contribution in [0.1, 0.15) is 45.7 Å². The summed E-state index contributed by atoms with van der Waals surface area (Å²) >= 11 is 0. The number of pyridine rings is 2. The third kappa shape index (κ3) is 5.40. The first-order valence-corrected chi connectivity index (χ1v) is 15.8. The number of hydrogen-bond donors (Lipinski definition) is 0. The molecule has 1 fully saturated rings. The topological polar surface area (TPSA) is 66.4 Å². The molecule has 0 spiro atoms. The van der Waals surface area contributed by atoms with Crippen molar-refractivity contribution in [3.05, 3.63) is 131 Å². The molecule has 2 aromatic heterocycles. The summed E-state index contributed by atoms with van der Waals surface area (Å²) in [5.41, 5.74) is 8.60. The number of benzene rings is 4. The second-order valence-corrected chi connectivity index (χ2v) is 12.5. The number of hydrogen-bond acceptors (Lipinski definition) is 4. The van der Waals surface area contributed by atoms with Crippen LogP contribution in [0.5, 0.6) is 0 Å². The minimum absolute atomic E-state index is 0.0463. The van der Waals surface area contributed by atoms with E-state index in [1.165, 1.54) is 0 Å². The molecule has 1 aliphatic heterocycles. The molecule has 6 nitrogen and oxygen atoms in total. The zero-order valence-electron chi connectivity index (χ0n) is 26.6. The van der Waals surface area contributed by atoms with Crippen molar-refractivity contribution in [2.75, 3.05) is 13.1 Å². The fourth-order valence-electron chi connectivity index (χ4n) is 6.61. The molecule has 228 valence electrons. The number of fused-ring (bicyclic) bond motifs is 2. The van der Waals surface area contributed by atoms with Gasteiger partial charge < -0.3 is 9.80 Å². The Kier molecular flexibility index (Phi) is 7.57. The van der Waals surface area contributed by atoms with E-state index in [4.69, 9.17) is 9.97 Å². The third-order valence-corrected chi connectivity index (χ3v) is 9.03. The van der Waals surface area contributed by atoms with Crippen LogP contribution in [0.4, 0.5) is 0 Å². The van der Waals surface area contributed by atoms with E-state index in [2.05, 4.69) is 38.1 Å². The molecule has 1 saturated heterocycles. The molecule has 4 aromatic carbocycles. The number of carbonyl (C=O) groups is 2. The van der Waals surface area contributed by atoms with Gasteiger partial charge in [-0.1, -0.05) is 83.9 Å². The quantitative estimate of drug-likeness (QED) is 0.204. The molecule has 46 heavy (non-hydrogen) atoms. The highest BCUT2D eigenvalue weighted by atomic mass is 16.2. The summed E-state index contributed by atoms with van der Waals surface area (Å²) < 4.78 is 0. The lowest BCUT2D eigenvalue weighted by molar-refractivity contribution is 0.0272. The number of aromatic nitrogens is 2. The smallest absolute Gasteiger partial charge is 0.254 e. The van der Waals surface area contributed by atoms with Gasteiger partial charge >= 0.3 is 0 Å². The maximum atomic E-state index is 14.4. The number of para-hydroxylation sites is 2. The van der Waals surface area contributed by atoms with Crippen molar-refractivity contribution in [1.82, 2.24) is 19.8 Å². The first kappa shape index (κ1) is 29.4. The van der Waals surface area contributed by atoms with Gasteiger partial charge in [0.1, 0.15) is 0 Å². The second kappa shape index (κ2) is 11.9. The van der Waals surface area contributed by atoms with Crippen LogP contribution < -0.4 is 0 Å². The van der Waals surface area contributed by atoms with Gasteiger partial charge in [-0.05, 0) is 64.1 Å². The van der Waals surface area contributed by atoms with Crippen LogP contribution in [-0.4, -0.2) is 56.8 Å². The molecule has 1 aliphatic rings. The molecule has 0 bridgehead atoms. The number of nitrogens with zero attached hydrogens (tertiary/aromatic N) is 4. The highest BCUT2D eigenvalue weighted by Gasteiger charge is 2.36. The summed E-state index contributed by atoms with van der Waals surface area (Å²) in [6.07, 6.45) is 0. The highest BCUT2D eigenvalue weighted by molar-refractivity contribution is 6.09. The van der Waals surface area contributed by atoms with Gasteiger partial charge in [-0.2, -0.15) is 0 Å². The summed E-state index contributed by atoms with van der Waals surface area (Å²) in [6.45, 7) is 9.01. The maximum absolute atomic E-state index is 14.4. The van der Waals surface area contributed by atoms with Crippen molar-refractivity contribution in [3.63, 3.8) is 0 Å². The number of piperazine rings is 1. The Morgan fingerprint density at radius 1 is 0.565 bits per heavy atom. The monoisotopic (exact) mass is 604 g/mol. The minimum Gasteiger partial charge on any atom is -0.332 e. The van der Waals surface area contributed by atoms with Crippen LogP contribution in [-0.2, 0) is 0 Å². The van der Waals surface area contributed by atoms with Crippen LogP contribution in [0.25, 0.3) is 44.3 Å². The average Bonchev–Trinajstić information content (AvgIpc) is 3.07. The van der Waals surface area contributed by atoms with Gasteiger partial charge in [0.05, 0.1) is 33.5 Å². The summed E-state index contributed by atoms with van der Waals surface area (Å²) in [7, 11) is 0. The van der Waals surface area contributed by atoms with E-state index in [1.807, 2.05) is 109 Å². The Labute approximate surface area is 269 Å². The van der Waals surface area contributed by atoms with E-state index in [-0.39, 0.29) is 23.9 Å². The summed E-state index contributed by atoms with van der Waals surface area (Å²) in [5.74, 6) is -0.0925. The molecule has 0 saturated carbocycles. The predicted octanol–water partition coefficient (Wildman–Crippen LogP) is 8.11. The molecule has 0 radical (unpaired) electrons. The molecule has 2 atom stereocenters. The van der Waals surface area contributed by atoms with Crippen LogP contribution in [0.3, 0.4) is 0 Å². The van der Waals surface area contributed by atoms with Gasteiger partial charge in [-0.3, -0.25) is 9.59 Å². The lowest BCUT2D eigenvalue weighted by atomic mass is 9.99. The standard InChI is InChI=1S/C40H36N4O2/c1-25-11-9-13-29(19-25)37-21-33(31-15-5-7-17-35(31)41-37)39(45)43-23-28(4)44(24-27(43)3)40(46)34-22-38(30-14-10-12-26(2)20-30)42-36-18-8-6-16-32(34)36/h5-22,27-28H,23-24H2,1-4H3/t27-,28+. The van der Waals surface area contributed by atoms with Crippen LogP contribution >= 0.6 is 0 Å². The van der Waals surface area contributed by atoms with Crippen molar-refractivity contribution in [3.8, 4) is 22.5 Å². The Morgan fingerprint density at radius 3 is 1.39 bits per heavy atom. The molecule has 2 amide bonds. The van der Waals surface area contributed by atoms with Gasteiger partial charge in [-0.15, -0.1) is 0 Å². The van der Waals surface area contributed by atoms with E-state index in [0.717, 1.165) is 55.4 Å². The van der Waals surface area contributed by atoms with Crippen molar-refractivity contribution in [2.45, 2.75) is 39.8 Å². The van der Waals surface area contributed by atoms with Gasteiger partial charge in [0.2, 0.25) is 0 Å². The number of rotatable bonds is 4. The van der Waals surface area contributed by atoms with Gasteiger partial charge in [0.15, 0.2) is 0 Å². The Balaban J connectivity index is 1.21. The van der Waals surface area contributed by atoms with E-state index in [9.17, 15) is 9.59 Å². The van der Waals surface area contributed by atoms with Crippen LogP contribution in [0, 0.1) is 13.8 Å². The zero-order valence-corrected chi connectivity index (χ0v) is 26.6. The molecule has 6 heteroatoms. The van der Waals surface area contributed by atoms with Crippen molar-refractivity contribution >= 4 is 33.6 Å². The Hall–Kier alpha value is -5.36. The summed E-state index contributed by atoms with van der Waals surface area (Å²) in [4.78, 5) is 42.4. The fourth-order valence-corrected chi connectivity index (χ4v) is 6.61. The van der Waals surface area contributed by atoms with E-state index >= 15 is 0 Å². The third-order valence-electron chi connectivity index (χ3n) is 9.03. The zero-order chi connectivity index (χ0) is 31.9. The summed E-state index contributed by atoms with van der Waals surface area (Å²) in [6, 6.07) is 35.5. The van der Waals surface area contributed by atoms with Crippen molar-refractivity contribution < 1.29 is 9.59 Å². The normalized spacial score (nSPS) is 16.6. The van der Waals surface area contributed by atoms with E-state index < -0.39 is 0 Å². The minimum atomic E-state index is -0.189. The molecular formula is C40H36N4O2. The van der Waals surface area contributed by atoms with E-state index in [1.54, 1.807) is 0 Å². The van der Waals surface area contributed by atoms with Gasteiger partial charge in [0.25, 0.3) is 11.8 Å². The molecule has 3 heterocycles. The fraction of sp³-hybridized carbons (Fsp3) is 0.200. The molecular weight excluding hydrogens is 568 g/mol. The van der Waals surface area contributed by atoms with Crippen molar-refractivity contribution in [1.29, 1.82) is 0 Å². The van der Waals surface area contributed by atoms with Gasteiger partial charge in [0, 0.05) is 47.1 Å². The van der Waals surface area contributed by atoms with E-state index in [0.29, 0.717) is 24.2 Å². The maximum Gasteiger partial charge on any atom is 0.254 e. The lowest BCUT2D eigenvalue weighted by Crippen LogP contribution is -2.59. The number of carbonyl (C=O) groups excluding carboxylic acids is 2. The number of amides is 2. The molecule has 0 N–H and O–H groups in total. The first-order valence-electron chi connectivity index (χ1n) is 15.8. The van der Waals surface area contributed by atoms with Crippen molar-refractivity contribution in [2.24, 2.45) is 0 Å². The van der Waals surface area contributed by atoms with Gasteiger partial charge in [-0.25, -0.2) is 9.97 Å². The summed E-state index contributed by atoms with van der Waals surface area (Å²) in [5, 5.41) is 1.66. The van der Waals surface area contributed by atoms with Crippen LogP contribution in [0.15, 0.2) is 109 Å².